The molecule has 1 aromatic rings. The molecule has 1 N–H and O–H groups in total. The van der Waals surface area contributed by atoms with Gasteiger partial charge in [-0.3, -0.25) is 0 Å². The van der Waals surface area contributed by atoms with E-state index in [0.717, 1.165) is 5.56 Å². The van der Waals surface area contributed by atoms with Crippen LogP contribution in [0.3, 0.4) is 0 Å². The van der Waals surface area contributed by atoms with Crippen molar-refractivity contribution in [2.75, 3.05) is 0 Å². The summed E-state index contributed by atoms with van der Waals surface area (Å²) in [5.74, 6) is 0.00249. The van der Waals surface area contributed by atoms with Gasteiger partial charge in [0.1, 0.15) is 5.75 Å². The van der Waals surface area contributed by atoms with E-state index < -0.39 is 12.1 Å². The molecule has 0 fully saturated rings. The Bertz CT molecular complexity index is 383. The lowest BCUT2D eigenvalue weighted by atomic mass is 10.0. The Morgan fingerprint density at radius 2 is 1.76 bits per heavy atom. The van der Waals surface area contributed by atoms with E-state index in [4.69, 9.17) is 9.84 Å². The van der Waals surface area contributed by atoms with Crippen molar-refractivity contribution in [2.45, 2.75) is 39.7 Å². The van der Waals surface area contributed by atoms with Crippen molar-refractivity contribution in [3.8, 4) is 5.75 Å². The Morgan fingerprint density at radius 3 is 2.24 bits per heavy atom. The fourth-order valence-corrected chi connectivity index (χ4v) is 1.67. The van der Waals surface area contributed by atoms with Gasteiger partial charge in [-0.05, 0) is 17.5 Å². The SMILES string of the molecule is CC(C)c1ccccc1O[C@@H](C(=O)O)C(C)C. The summed E-state index contributed by atoms with van der Waals surface area (Å²) in [6, 6.07) is 7.60. The number of carboxylic acid groups (broad SMARTS) is 1. The molecule has 0 unspecified atom stereocenters. The number of hydrogen-bond acceptors (Lipinski definition) is 2. The van der Waals surface area contributed by atoms with Crippen LogP contribution in [0.2, 0.25) is 0 Å². The van der Waals surface area contributed by atoms with Crippen molar-refractivity contribution in [1.29, 1.82) is 0 Å². The van der Waals surface area contributed by atoms with Crippen LogP contribution in [-0.2, 0) is 4.79 Å². The van der Waals surface area contributed by atoms with Gasteiger partial charge in [-0.15, -0.1) is 0 Å². The van der Waals surface area contributed by atoms with E-state index in [1.165, 1.54) is 0 Å². The zero-order chi connectivity index (χ0) is 13.0. The molecule has 17 heavy (non-hydrogen) atoms. The zero-order valence-electron chi connectivity index (χ0n) is 10.8. The number of benzene rings is 1. The highest BCUT2D eigenvalue weighted by molar-refractivity contribution is 5.73. The predicted molar refractivity (Wildman–Crippen MR) is 67.4 cm³/mol. The van der Waals surface area contributed by atoms with Crippen LogP contribution in [0.5, 0.6) is 5.75 Å². The molecule has 0 saturated carbocycles. The minimum absolute atomic E-state index is 0.0623. The number of ether oxygens (including phenoxy) is 1. The number of hydrogen-bond donors (Lipinski definition) is 1. The summed E-state index contributed by atoms with van der Waals surface area (Å²) in [4.78, 5) is 11.1. The highest BCUT2D eigenvalue weighted by Gasteiger charge is 2.24. The van der Waals surface area contributed by atoms with Crippen molar-refractivity contribution in [1.82, 2.24) is 0 Å². The summed E-state index contributed by atoms with van der Waals surface area (Å²) in [5, 5.41) is 9.11. The van der Waals surface area contributed by atoms with Gasteiger partial charge in [0.25, 0.3) is 0 Å². The standard InChI is InChI=1S/C14H20O3/c1-9(2)11-7-5-6-8-12(11)17-13(10(3)4)14(15)16/h5-10,13H,1-4H3,(H,15,16)/t13-/m1/s1. The van der Waals surface area contributed by atoms with Crippen LogP contribution in [0.1, 0.15) is 39.2 Å². The smallest absolute Gasteiger partial charge is 0.345 e. The number of carboxylic acids is 1. The number of rotatable bonds is 5. The third-order valence-corrected chi connectivity index (χ3v) is 2.64. The quantitative estimate of drug-likeness (QED) is 0.853. The van der Waals surface area contributed by atoms with Crippen LogP contribution >= 0.6 is 0 Å². The third-order valence-electron chi connectivity index (χ3n) is 2.64. The predicted octanol–water partition coefficient (Wildman–Crippen LogP) is 3.30. The number of para-hydroxylation sites is 1. The first-order valence-corrected chi connectivity index (χ1v) is 5.91. The molecule has 0 radical (unpaired) electrons. The molecule has 0 saturated heterocycles. The van der Waals surface area contributed by atoms with E-state index in [2.05, 4.69) is 13.8 Å². The normalized spacial score (nSPS) is 12.8. The molecule has 0 aliphatic rings. The molecule has 1 atom stereocenters. The van der Waals surface area contributed by atoms with Crippen molar-refractivity contribution in [3.63, 3.8) is 0 Å². The summed E-state index contributed by atoms with van der Waals surface area (Å²) in [5.41, 5.74) is 1.04. The molecular formula is C14H20O3. The Morgan fingerprint density at radius 1 is 1.18 bits per heavy atom. The second-order valence-corrected chi connectivity index (χ2v) is 4.81. The van der Waals surface area contributed by atoms with E-state index in [1.807, 2.05) is 38.1 Å². The fourth-order valence-electron chi connectivity index (χ4n) is 1.67. The van der Waals surface area contributed by atoms with E-state index in [0.29, 0.717) is 11.7 Å². The molecule has 3 nitrogen and oxygen atoms in total. The lowest BCUT2D eigenvalue weighted by Gasteiger charge is -2.21. The molecule has 0 aliphatic heterocycles. The summed E-state index contributed by atoms with van der Waals surface area (Å²) < 4.78 is 5.63. The fraction of sp³-hybridized carbons (Fsp3) is 0.500. The van der Waals surface area contributed by atoms with Gasteiger partial charge in [0, 0.05) is 5.92 Å². The summed E-state index contributed by atoms with van der Waals surface area (Å²) >= 11 is 0. The van der Waals surface area contributed by atoms with E-state index in [9.17, 15) is 4.79 Å². The van der Waals surface area contributed by atoms with Gasteiger partial charge in [0.05, 0.1) is 0 Å². The van der Waals surface area contributed by atoms with Gasteiger partial charge in [-0.1, -0.05) is 45.9 Å². The second-order valence-electron chi connectivity index (χ2n) is 4.81. The minimum Gasteiger partial charge on any atom is -0.478 e. The molecular weight excluding hydrogens is 216 g/mol. The monoisotopic (exact) mass is 236 g/mol. The Hall–Kier alpha value is -1.51. The number of carbonyl (C=O) groups is 1. The van der Waals surface area contributed by atoms with Crippen molar-refractivity contribution < 1.29 is 14.6 Å². The molecule has 0 heterocycles. The molecule has 1 aromatic carbocycles. The van der Waals surface area contributed by atoms with Gasteiger partial charge in [0.15, 0.2) is 6.10 Å². The topological polar surface area (TPSA) is 46.5 Å². The molecule has 1 rings (SSSR count). The first-order valence-electron chi connectivity index (χ1n) is 5.91. The van der Waals surface area contributed by atoms with Crippen LogP contribution in [0.4, 0.5) is 0 Å². The molecule has 94 valence electrons. The zero-order valence-corrected chi connectivity index (χ0v) is 10.8. The molecule has 3 heteroatoms. The van der Waals surface area contributed by atoms with Crippen molar-refractivity contribution >= 4 is 5.97 Å². The molecule has 0 bridgehead atoms. The van der Waals surface area contributed by atoms with Crippen LogP contribution in [-0.4, -0.2) is 17.2 Å². The summed E-state index contributed by atoms with van der Waals surface area (Å²) in [6.45, 7) is 7.81. The maximum atomic E-state index is 11.1. The van der Waals surface area contributed by atoms with Crippen LogP contribution in [0, 0.1) is 5.92 Å². The van der Waals surface area contributed by atoms with Crippen LogP contribution in [0.15, 0.2) is 24.3 Å². The van der Waals surface area contributed by atoms with Gasteiger partial charge >= 0.3 is 5.97 Å². The summed E-state index contributed by atoms with van der Waals surface area (Å²) in [7, 11) is 0. The Balaban J connectivity index is 2.97. The van der Waals surface area contributed by atoms with Crippen molar-refractivity contribution in [3.05, 3.63) is 29.8 Å². The first kappa shape index (κ1) is 13.6. The van der Waals surface area contributed by atoms with Gasteiger partial charge in [0.2, 0.25) is 0 Å². The van der Waals surface area contributed by atoms with Crippen molar-refractivity contribution in [2.24, 2.45) is 5.92 Å². The maximum absolute atomic E-state index is 11.1. The van der Waals surface area contributed by atoms with Gasteiger partial charge < -0.3 is 9.84 Å². The molecule has 0 spiro atoms. The minimum atomic E-state index is -0.918. The highest BCUT2D eigenvalue weighted by atomic mass is 16.5. The molecule has 0 amide bonds. The average Bonchev–Trinajstić information content (AvgIpc) is 2.25. The van der Waals surface area contributed by atoms with E-state index in [1.54, 1.807) is 0 Å². The third kappa shape index (κ3) is 3.48. The number of aliphatic carboxylic acids is 1. The Kier molecular flexibility index (Phi) is 4.55. The molecule has 0 aromatic heterocycles. The van der Waals surface area contributed by atoms with E-state index in [-0.39, 0.29) is 5.92 Å². The Labute approximate surface area is 102 Å². The van der Waals surface area contributed by atoms with Gasteiger partial charge in [-0.2, -0.15) is 0 Å². The lowest BCUT2D eigenvalue weighted by Crippen LogP contribution is -2.32. The van der Waals surface area contributed by atoms with Gasteiger partial charge in [-0.25, -0.2) is 4.79 Å². The lowest BCUT2D eigenvalue weighted by molar-refractivity contribution is -0.147. The first-order chi connectivity index (χ1) is 7.93. The summed E-state index contributed by atoms with van der Waals surface area (Å²) in [6.07, 6.45) is -0.796. The average molecular weight is 236 g/mol. The van der Waals surface area contributed by atoms with Crippen LogP contribution < -0.4 is 4.74 Å². The molecule has 0 aliphatic carbocycles. The van der Waals surface area contributed by atoms with E-state index >= 15 is 0 Å². The van der Waals surface area contributed by atoms with Crippen LogP contribution in [0.25, 0.3) is 0 Å². The second kappa shape index (κ2) is 5.71. The largest absolute Gasteiger partial charge is 0.478 e. The maximum Gasteiger partial charge on any atom is 0.345 e. The highest BCUT2D eigenvalue weighted by Crippen LogP contribution is 2.27.